The number of rotatable bonds is 7. The quantitative estimate of drug-likeness (QED) is 0.530. The normalized spacial score (nSPS) is 20.5. The van der Waals surface area contributed by atoms with Crippen molar-refractivity contribution in [3.05, 3.63) is 63.7 Å². The number of carbonyl (C=O) groups excluding carboxylic acids is 1. The fraction of sp³-hybridized carbons (Fsp3) is 0.435. The van der Waals surface area contributed by atoms with Gasteiger partial charge in [0.1, 0.15) is 23.5 Å². The molecule has 2 aromatic rings. The molecule has 12 heteroatoms. The van der Waals surface area contributed by atoms with Crippen molar-refractivity contribution in [2.24, 2.45) is 0 Å². The average Bonchev–Trinajstić information content (AvgIpc) is 3.53. The lowest BCUT2D eigenvalue weighted by atomic mass is 10.0. The number of likely N-dealkylation sites (tertiary alicyclic amines) is 1. The summed E-state index contributed by atoms with van der Waals surface area (Å²) in [5.41, 5.74) is 0.480. The van der Waals surface area contributed by atoms with Crippen molar-refractivity contribution in [3.8, 4) is 5.75 Å². The van der Waals surface area contributed by atoms with Gasteiger partial charge in [-0.2, -0.15) is 0 Å². The van der Waals surface area contributed by atoms with Crippen molar-refractivity contribution < 1.29 is 35.5 Å². The SMILES string of the molecule is CS(=O)(=O)NC(=O)c1cc(C2CC2)c(O[C@H]2CN(Cc3ccc(F)cc3Cl)CC(F)(F)C2)cc1F. The number of nitrogens with zero attached hydrogens (tertiary/aromatic N) is 1. The average molecular weight is 535 g/mol. The minimum absolute atomic E-state index is 0.0447. The van der Waals surface area contributed by atoms with E-state index in [0.29, 0.717) is 11.1 Å². The van der Waals surface area contributed by atoms with Crippen molar-refractivity contribution in [1.29, 1.82) is 0 Å². The third-order valence-electron chi connectivity index (χ3n) is 5.79. The van der Waals surface area contributed by atoms with Crippen LogP contribution >= 0.6 is 11.6 Å². The summed E-state index contributed by atoms with van der Waals surface area (Å²) in [5, 5.41) is 0.123. The van der Waals surface area contributed by atoms with Gasteiger partial charge in [0.2, 0.25) is 10.0 Å². The molecule has 1 atom stereocenters. The Labute approximate surface area is 205 Å². The van der Waals surface area contributed by atoms with Crippen molar-refractivity contribution in [2.45, 2.75) is 43.8 Å². The summed E-state index contributed by atoms with van der Waals surface area (Å²) in [5.74, 6) is -5.78. The first-order valence-corrected chi connectivity index (χ1v) is 13.1. The standard InChI is InChI=1S/C23H23ClF4N2O4S/c1-35(32,33)29-22(31)18-7-17(13-2-3-13)21(8-20(18)26)34-16-9-23(27,28)12-30(11-16)10-14-4-5-15(25)6-19(14)24/h4-8,13,16H,2-3,9-12H2,1H3,(H,29,31)/t16-/m1/s1. The fourth-order valence-corrected chi connectivity index (χ4v) is 4.87. The van der Waals surface area contributed by atoms with E-state index in [9.17, 15) is 30.8 Å². The van der Waals surface area contributed by atoms with Gasteiger partial charge < -0.3 is 4.74 Å². The van der Waals surface area contributed by atoms with Crippen LogP contribution in [0.2, 0.25) is 5.02 Å². The Bertz CT molecular complexity index is 1250. The molecule has 0 bridgehead atoms. The zero-order valence-corrected chi connectivity index (χ0v) is 20.2. The van der Waals surface area contributed by atoms with Crippen LogP contribution in [0.3, 0.4) is 0 Å². The number of alkyl halides is 2. The van der Waals surface area contributed by atoms with Crippen LogP contribution in [0.25, 0.3) is 0 Å². The molecule has 2 aromatic carbocycles. The molecular weight excluding hydrogens is 512 g/mol. The number of ether oxygens (including phenoxy) is 1. The van der Waals surface area contributed by atoms with E-state index >= 15 is 0 Å². The van der Waals surface area contributed by atoms with Gasteiger partial charge in [-0.05, 0) is 48.1 Å². The topological polar surface area (TPSA) is 75.7 Å². The van der Waals surface area contributed by atoms with E-state index in [0.717, 1.165) is 31.2 Å². The van der Waals surface area contributed by atoms with Gasteiger partial charge in [0.05, 0.1) is 24.8 Å². The van der Waals surface area contributed by atoms with E-state index in [1.807, 2.05) is 0 Å². The largest absolute Gasteiger partial charge is 0.488 e. The van der Waals surface area contributed by atoms with Crippen LogP contribution in [0.4, 0.5) is 17.6 Å². The van der Waals surface area contributed by atoms with Gasteiger partial charge in [-0.1, -0.05) is 17.7 Å². The summed E-state index contributed by atoms with van der Waals surface area (Å²) in [7, 11) is -3.91. The number of hydrogen-bond donors (Lipinski definition) is 1. The van der Waals surface area contributed by atoms with E-state index < -0.39 is 58.1 Å². The third kappa shape index (κ3) is 6.65. The number of amides is 1. The van der Waals surface area contributed by atoms with E-state index in [1.54, 1.807) is 4.72 Å². The molecule has 6 nitrogen and oxygen atoms in total. The maximum atomic E-state index is 14.7. The monoisotopic (exact) mass is 534 g/mol. The smallest absolute Gasteiger partial charge is 0.267 e. The highest BCUT2D eigenvalue weighted by Gasteiger charge is 2.42. The zero-order chi connectivity index (χ0) is 25.5. The number of carbonyl (C=O) groups is 1. The maximum absolute atomic E-state index is 14.7. The van der Waals surface area contributed by atoms with E-state index in [2.05, 4.69) is 0 Å². The van der Waals surface area contributed by atoms with Crippen molar-refractivity contribution in [3.63, 3.8) is 0 Å². The lowest BCUT2D eigenvalue weighted by Crippen LogP contribution is -2.50. The van der Waals surface area contributed by atoms with Gasteiger partial charge in [-0.15, -0.1) is 0 Å². The Morgan fingerprint density at radius 1 is 1.23 bits per heavy atom. The second-order valence-corrected chi connectivity index (χ2v) is 11.2. The first-order chi connectivity index (χ1) is 16.3. The second-order valence-electron chi connectivity index (χ2n) is 9.05. The van der Waals surface area contributed by atoms with Crippen LogP contribution in [-0.2, 0) is 16.6 Å². The van der Waals surface area contributed by atoms with Crippen LogP contribution in [-0.4, -0.2) is 50.6 Å². The van der Waals surface area contributed by atoms with Gasteiger partial charge in [-0.25, -0.2) is 30.7 Å². The molecule has 1 saturated carbocycles. The summed E-state index contributed by atoms with van der Waals surface area (Å²) >= 11 is 6.05. The van der Waals surface area contributed by atoms with Gasteiger partial charge in [-0.3, -0.25) is 9.69 Å². The minimum atomic E-state index is -3.91. The lowest BCUT2D eigenvalue weighted by Gasteiger charge is -2.38. The number of nitrogens with one attached hydrogen (secondary N) is 1. The predicted molar refractivity (Wildman–Crippen MR) is 121 cm³/mol. The molecule has 1 amide bonds. The maximum Gasteiger partial charge on any atom is 0.267 e. The molecule has 0 unspecified atom stereocenters. The summed E-state index contributed by atoms with van der Waals surface area (Å²) < 4.78 is 87.5. The molecule has 0 aromatic heterocycles. The molecule has 190 valence electrons. The van der Waals surface area contributed by atoms with Crippen LogP contribution in [0.5, 0.6) is 5.75 Å². The molecule has 2 aliphatic rings. The Hall–Kier alpha value is -2.37. The first kappa shape index (κ1) is 25.7. The van der Waals surface area contributed by atoms with E-state index in [4.69, 9.17) is 16.3 Å². The van der Waals surface area contributed by atoms with Crippen LogP contribution in [0.15, 0.2) is 30.3 Å². The summed E-state index contributed by atoms with van der Waals surface area (Å²) in [6.45, 7) is -0.413. The molecule has 1 heterocycles. The highest BCUT2D eigenvalue weighted by atomic mass is 35.5. The van der Waals surface area contributed by atoms with Crippen LogP contribution in [0, 0.1) is 11.6 Å². The molecule has 2 fully saturated rings. The second kappa shape index (κ2) is 9.59. The van der Waals surface area contributed by atoms with E-state index in [1.165, 1.54) is 23.1 Å². The highest BCUT2D eigenvalue weighted by molar-refractivity contribution is 7.89. The molecule has 35 heavy (non-hydrogen) atoms. The number of hydrogen-bond acceptors (Lipinski definition) is 5. The number of sulfonamides is 1. The Morgan fingerprint density at radius 3 is 2.57 bits per heavy atom. The number of benzene rings is 2. The highest BCUT2D eigenvalue weighted by Crippen LogP contribution is 2.46. The van der Waals surface area contributed by atoms with Gasteiger partial charge in [0.25, 0.3) is 11.8 Å². The number of halogens is 5. The third-order valence-corrected chi connectivity index (χ3v) is 6.69. The van der Waals surface area contributed by atoms with Crippen molar-refractivity contribution >= 4 is 27.5 Å². The molecule has 0 radical (unpaired) electrons. The fourth-order valence-electron chi connectivity index (χ4n) is 4.20. The van der Waals surface area contributed by atoms with Gasteiger partial charge in [0.15, 0.2) is 0 Å². The Balaban J connectivity index is 1.56. The van der Waals surface area contributed by atoms with Crippen molar-refractivity contribution in [2.75, 3.05) is 19.3 Å². The van der Waals surface area contributed by atoms with Crippen molar-refractivity contribution in [1.82, 2.24) is 9.62 Å². The molecule has 0 spiro atoms. The predicted octanol–water partition coefficient (Wildman–Crippen LogP) is 4.47. The van der Waals surface area contributed by atoms with Gasteiger partial charge >= 0.3 is 0 Å². The molecule has 1 aliphatic heterocycles. The molecule has 1 saturated heterocycles. The summed E-state index contributed by atoms with van der Waals surface area (Å²) in [6, 6.07) is 5.91. The Kier molecular flexibility index (Phi) is 7.05. The summed E-state index contributed by atoms with van der Waals surface area (Å²) in [6.07, 6.45) is 0.667. The number of piperidine rings is 1. The molecule has 4 rings (SSSR count). The minimum Gasteiger partial charge on any atom is -0.488 e. The van der Waals surface area contributed by atoms with E-state index in [-0.39, 0.29) is 29.8 Å². The zero-order valence-electron chi connectivity index (χ0n) is 18.7. The Morgan fingerprint density at radius 2 is 1.94 bits per heavy atom. The van der Waals surface area contributed by atoms with Crippen LogP contribution < -0.4 is 9.46 Å². The molecular formula is C23H23ClF4N2O4S. The first-order valence-electron chi connectivity index (χ1n) is 10.9. The van der Waals surface area contributed by atoms with Crippen LogP contribution in [0.1, 0.15) is 46.7 Å². The lowest BCUT2D eigenvalue weighted by molar-refractivity contribution is -0.103. The molecule has 1 aliphatic carbocycles. The molecule has 1 N–H and O–H groups in total. The van der Waals surface area contributed by atoms with Gasteiger partial charge in [0, 0.05) is 24.2 Å². The summed E-state index contributed by atoms with van der Waals surface area (Å²) in [4.78, 5) is 13.7.